The van der Waals surface area contributed by atoms with Crippen molar-refractivity contribution in [2.45, 2.75) is 79.7 Å². The number of hydrogen-bond donors (Lipinski definition) is 0. The van der Waals surface area contributed by atoms with Crippen molar-refractivity contribution in [1.82, 2.24) is 0 Å². The highest BCUT2D eigenvalue weighted by Gasteiger charge is 2.03. The second kappa shape index (κ2) is 13.7. The average molecular weight is 418 g/mol. The van der Waals surface area contributed by atoms with E-state index in [0.29, 0.717) is 0 Å². The summed E-state index contributed by atoms with van der Waals surface area (Å²) in [6.07, 6.45) is 17.8. The second-order valence-electron chi connectivity index (χ2n) is 8.68. The molecule has 2 aromatic rings. The van der Waals surface area contributed by atoms with Gasteiger partial charge in [-0.15, -0.1) is 0 Å². The molecule has 1 aromatic heterocycles. The lowest BCUT2D eigenvalue weighted by Gasteiger charge is -2.05. The van der Waals surface area contributed by atoms with E-state index in [1.807, 2.05) is 13.1 Å². The molecule has 0 bridgehead atoms. The van der Waals surface area contributed by atoms with Crippen LogP contribution in [0.5, 0.6) is 0 Å². The fourth-order valence-electron chi connectivity index (χ4n) is 3.58. The molecule has 2 nitrogen and oxygen atoms in total. The molecule has 2 heteroatoms. The molecular weight excluding hydrogens is 376 g/mol. The molecule has 0 atom stereocenters. The molecule has 166 valence electrons. The van der Waals surface area contributed by atoms with Gasteiger partial charge in [-0.25, -0.2) is 4.57 Å². The van der Waals surface area contributed by atoms with Crippen LogP contribution in [0.25, 0.3) is 0 Å². The van der Waals surface area contributed by atoms with Crippen LogP contribution in [-0.2, 0) is 19.4 Å². The van der Waals surface area contributed by atoms with E-state index in [0.717, 1.165) is 25.9 Å². The average Bonchev–Trinajstić information content (AvgIpc) is 2.77. The lowest BCUT2D eigenvalue weighted by atomic mass is 10.0. The van der Waals surface area contributed by atoms with Crippen molar-refractivity contribution in [3.8, 4) is 0 Å². The summed E-state index contributed by atoms with van der Waals surface area (Å²) in [7, 11) is 0. The zero-order chi connectivity index (χ0) is 22.5. The van der Waals surface area contributed by atoms with Gasteiger partial charge in [0.05, 0.1) is 0 Å². The standard InChI is InChI=1S/C29H41N2/c1-6-11-24(2)26(4)22-30-19-9-7-12-28-14-16-29(17-15-28)13-8-10-20-31-21-18-25(3)27(5)23-31/h6,11,14-18,21-23H,7-10,12-13,19-20H2,1-5H3/q+1/b11-6-,26-24-,30-22+. The highest BCUT2D eigenvalue weighted by molar-refractivity contribution is 5.79. The Balaban J connectivity index is 1.63. The van der Waals surface area contributed by atoms with Crippen molar-refractivity contribution in [3.05, 3.63) is 88.3 Å². The highest BCUT2D eigenvalue weighted by Crippen LogP contribution is 2.11. The number of benzene rings is 1. The summed E-state index contributed by atoms with van der Waals surface area (Å²) < 4.78 is 2.32. The summed E-state index contributed by atoms with van der Waals surface area (Å²) in [5, 5.41) is 0. The first-order valence-corrected chi connectivity index (χ1v) is 11.8. The fourth-order valence-corrected chi connectivity index (χ4v) is 3.58. The lowest BCUT2D eigenvalue weighted by molar-refractivity contribution is -0.697. The third-order valence-corrected chi connectivity index (χ3v) is 5.98. The van der Waals surface area contributed by atoms with E-state index in [-0.39, 0.29) is 0 Å². The number of hydrogen-bond acceptors (Lipinski definition) is 1. The lowest BCUT2D eigenvalue weighted by Crippen LogP contribution is -2.33. The summed E-state index contributed by atoms with van der Waals surface area (Å²) >= 11 is 0. The zero-order valence-corrected chi connectivity index (χ0v) is 20.3. The molecule has 0 aliphatic carbocycles. The van der Waals surface area contributed by atoms with Crippen LogP contribution in [0.1, 0.15) is 68.7 Å². The number of allylic oxidation sites excluding steroid dienone is 4. The van der Waals surface area contributed by atoms with E-state index >= 15 is 0 Å². The van der Waals surface area contributed by atoms with Gasteiger partial charge in [-0.05, 0) is 94.6 Å². The van der Waals surface area contributed by atoms with Crippen LogP contribution in [0.3, 0.4) is 0 Å². The molecule has 0 saturated carbocycles. The van der Waals surface area contributed by atoms with E-state index in [1.54, 1.807) is 0 Å². The molecule has 2 rings (SSSR count). The molecule has 0 aliphatic heterocycles. The van der Waals surface area contributed by atoms with Crippen LogP contribution in [-0.4, -0.2) is 12.8 Å². The first-order valence-electron chi connectivity index (χ1n) is 11.8. The molecular formula is C29H41N2+. The molecule has 1 heterocycles. The highest BCUT2D eigenvalue weighted by atomic mass is 14.9. The van der Waals surface area contributed by atoms with Crippen LogP contribution in [0.15, 0.2) is 71.0 Å². The minimum Gasteiger partial charge on any atom is -0.293 e. The molecule has 0 saturated heterocycles. The largest absolute Gasteiger partial charge is 0.293 e. The summed E-state index contributed by atoms with van der Waals surface area (Å²) in [6.45, 7) is 12.7. The number of aromatic nitrogens is 1. The van der Waals surface area contributed by atoms with Crippen molar-refractivity contribution in [1.29, 1.82) is 0 Å². The van der Waals surface area contributed by atoms with E-state index in [1.165, 1.54) is 59.1 Å². The van der Waals surface area contributed by atoms with E-state index < -0.39 is 0 Å². The van der Waals surface area contributed by atoms with Crippen molar-refractivity contribution in [2.24, 2.45) is 4.99 Å². The van der Waals surface area contributed by atoms with Gasteiger partial charge in [0.15, 0.2) is 12.4 Å². The number of nitrogens with zero attached hydrogens (tertiary/aromatic N) is 2. The Bertz CT molecular complexity index is 885. The first-order chi connectivity index (χ1) is 15.0. The van der Waals surface area contributed by atoms with Gasteiger partial charge >= 0.3 is 0 Å². The number of pyridine rings is 1. The Morgan fingerprint density at radius 2 is 1.48 bits per heavy atom. The maximum absolute atomic E-state index is 4.57. The van der Waals surface area contributed by atoms with Crippen LogP contribution < -0.4 is 4.57 Å². The third-order valence-electron chi connectivity index (χ3n) is 5.98. The Kier molecular flexibility index (Phi) is 11.0. The topological polar surface area (TPSA) is 16.2 Å². The van der Waals surface area contributed by atoms with Gasteiger partial charge in [-0.2, -0.15) is 0 Å². The molecule has 0 aliphatic rings. The maximum Gasteiger partial charge on any atom is 0.171 e. The molecule has 0 spiro atoms. The normalized spacial score (nSPS) is 12.7. The van der Waals surface area contributed by atoms with Crippen molar-refractivity contribution >= 4 is 6.21 Å². The van der Waals surface area contributed by atoms with Gasteiger partial charge < -0.3 is 0 Å². The monoisotopic (exact) mass is 417 g/mol. The molecule has 0 amide bonds. The fraction of sp³-hybridized carbons (Fsp3) is 0.448. The molecule has 0 radical (unpaired) electrons. The third kappa shape index (κ3) is 9.46. The van der Waals surface area contributed by atoms with Crippen LogP contribution >= 0.6 is 0 Å². The molecule has 0 fully saturated rings. The number of unbranched alkanes of at least 4 members (excludes halogenated alkanes) is 2. The number of aliphatic imine (C=N–C) groups is 1. The van der Waals surface area contributed by atoms with E-state index in [9.17, 15) is 0 Å². The van der Waals surface area contributed by atoms with Crippen molar-refractivity contribution in [3.63, 3.8) is 0 Å². The minimum absolute atomic E-state index is 0.914. The number of aryl methyl sites for hydroxylation is 5. The van der Waals surface area contributed by atoms with Gasteiger partial charge in [0.25, 0.3) is 0 Å². The second-order valence-corrected chi connectivity index (χ2v) is 8.68. The summed E-state index contributed by atoms with van der Waals surface area (Å²) in [5.74, 6) is 0. The summed E-state index contributed by atoms with van der Waals surface area (Å²) in [4.78, 5) is 4.57. The number of rotatable bonds is 12. The van der Waals surface area contributed by atoms with Gasteiger partial charge in [-0.3, -0.25) is 4.99 Å². The summed E-state index contributed by atoms with van der Waals surface area (Å²) in [6, 6.07) is 11.5. The van der Waals surface area contributed by atoms with Gasteiger partial charge in [0, 0.05) is 30.8 Å². The molecule has 0 N–H and O–H groups in total. The van der Waals surface area contributed by atoms with Gasteiger partial charge in [0.1, 0.15) is 6.54 Å². The SMILES string of the molecule is C\C=C/C(C)=C(C)\C=N\CCCCc1ccc(CCCC[n+]2ccc(C)c(C)c2)cc1. The predicted molar refractivity (Wildman–Crippen MR) is 135 cm³/mol. The molecule has 0 unspecified atom stereocenters. The van der Waals surface area contributed by atoms with Crippen LogP contribution in [0, 0.1) is 13.8 Å². The Labute approximate surface area is 190 Å². The Hall–Kier alpha value is -2.48. The van der Waals surface area contributed by atoms with Crippen molar-refractivity contribution in [2.75, 3.05) is 6.54 Å². The van der Waals surface area contributed by atoms with Gasteiger partial charge in [-0.1, -0.05) is 36.4 Å². The van der Waals surface area contributed by atoms with Crippen LogP contribution in [0.2, 0.25) is 0 Å². The predicted octanol–water partition coefficient (Wildman–Crippen LogP) is 6.92. The molecule has 31 heavy (non-hydrogen) atoms. The maximum atomic E-state index is 4.57. The summed E-state index contributed by atoms with van der Waals surface area (Å²) in [5.41, 5.74) is 8.18. The van der Waals surface area contributed by atoms with E-state index in [4.69, 9.17) is 0 Å². The van der Waals surface area contributed by atoms with Gasteiger partial charge in [0.2, 0.25) is 0 Å². The minimum atomic E-state index is 0.914. The smallest absolute Gasteiger partial charge is 0.171 e. The Morgan fingerprint density at radius 3 is 2.10 bits per heavy atom. The molecule has 1 aromatic carbocycles. The van der Waals surface area contributed by atoms with Crippen molar-refractivity contribution < 1.29 is 4.57 Å². The van der Waals surface area contributed by atoms with Crippen LogP contribution in [0.4, 0.5) is 0 Å². The first kappa shape index (κ1) is 24.8. The zero-order valence-electron chi connectivity index (χ0n) is 20.3. The Morgan fingerprint density at radius 1 is 0.839 bits per heavy atom. The quantitative estimate of drug-likeness (QED) is 0.154. The van der Waals surface area contributed by atoms with E-state index in [2.05, 4.69) is 92.1 Å².